The number of rotatable bonds is 7. The number of ether oxygens (including phenoxy) is 2. The summed E-state index contributed by atoms with van der Waals surface area (Å²) in [5.41, 5.74) is 3.05. The number of allylic oxidation sites excluding steroid dienone is 2. The van der Waals surface area contributed by atoms with Crippen LogP contribution in [0.1, 0.15) is 30.9 Å². The van der Waals surface area contributed by atoms with Gasteiger partial charge in [-0.2, -0.15) is 0 Å². The highest BCUT2D eigenvalue weighted by Gasteiger charge is 2.34. The molecule has 1 aromatic carbocycles. The summed E-state index contributed by atoms with van der Waals surface area (Å²) in [6, 6.07) is 9.16. The molecule has 1 aliphatic heterocycles. The van der Waals surface area contributed by atoms with Crippen LogP contribution in [0.15, 0.2) is 61.5 Å². The Kier molecular flexibility index (Phi) is 6.48. The molecule has 1 saturated heterocycles. The van der Waals surface area contributed by atoms with E-state index in [1.165, 1.54) is 0 Å². The standard InChI is InChI=1S/C23H26N2O3/c1-4-8-17-11-12-21(22(15-17)27-3)28-23(26)20-10-7-14-25(20)19(5-2)18-9-6-13-24-16-18/h4-6,9,11-13,15-16,20H,1,7-8,10,14H2,2-3H3. The smallest absolute Gasteiger partial charge is 0.334 e. The van der Waals surface area contributed by atoms with Crippen molar-refractivity contribution in [3.05, 3.63) is 72.6 Å². The second-order valence-corrected chi connectivity index (χ2v) is 6.67. The van der Waals surface area contributed by atoms with Crippen molar-refractivity contribution >= 4 is 11.7 Å². The van der Waals surface area contributed by atoms with E-state index in [2.05, 4.69) is 16.5 Å². The fourth-order valence-corrected chi connectivity index (χ4v) is 3.58. The number of benzene rings is 1. The van der Waals surface area contributed by atoms with Crippen molar-refractivity contribution in [3.8, 4) is 11.5 Å². The molecule has 0 aliphatic carbocycles. The minimum atomic E-state index is -0.330. The van der Waals surface area contributed by atoms with Gasteiger partial charge in [0.25, 0.3) is 0 Å². The normalized spacial score (nSPS) is 16.7. The van der Waals surface area contributed by atoms with Gasteiger partial charge in [-0.25, -0.2) is 4.79 Å². The van der Waals surface area contributed by atoms with Gasteiger partial charge in [-0.1, -0.05) is 18.2 Å². The molecule has 2 heterocycles. The average Bonchev–Trinajstić information content (AvgIpc) is 3.20. The van der Waals surface area contributed by atoms with Gasteiger partial charge in [0.2, 0.25) is 0 Å². The Morgan fingerprint density at radius 2 is 2.21 bits per heavy atom. The number of nitrogens with zero attached hydrogens (tertiary/aromatic N) is 2. The summed E-state index contributed by atoms with van der Waals surface area (Å²) in [5.74, 6) is 0.724. The number of hydrogen-bond donors (Lipinski definition) is 0. The van der Waals surface area contributed by atoms with Crippen LogP contribution in [-0.2, 0) is 11.2 Å². The second kappa shape index (κ2) is 9.22. The van der Waals surface area contributed by atoms with E-state index in [-0.39, 0.29) is 12.0 Å². The molecule has 1 aliphatic rings. The Bertz CT molecular complexity index is 861. The van der Waals surface area contributed by atoms with Crippen molar-refractivity contribution < 1.29 is 14.3 Å². The van der Waals surface area contributed by atoms with E-state index in [0.29, 0.717) is 11.5 Å². The highest BCUT2D eigenvalue weighted by molar-refractivity contribution is 5.82. The lowest BCUT2D eigenvalue weighted by molar-refractivity contribution is -0.138. The molecule has 5 nitrogen and oxygen atoms in total. The zero-order chi connectivity index (χ0) is 19.9. The molecule has 5 heteroatoms. The molecule has 3 rings (SSSR count). The van der Waals surface area contributed by atoms with Crippen LogP contribution in [0.3, 0.4) is 0 Å². The van der Waals surface area contributed by atoms with Crippen molar-refractivity contribution in [1.29, 1.82) is 0 Å². The maximum Gasteiger partial charge on any atom is 0.334 e. The summed E-state index contributed by atoms with van der Waals surface area (Å²) >= 11 is 0. The SMILES string of the molecule is C=CCc1ccc(OC(=O)C2CCCN2C(=CC)c2cccnc2)c(OC)c1. The first kappa shape index (κ1) is 19.7. The number of pyridine rings is 1. The van der Waals surface area contributed by atoms with Gasteiger partial charge in [-0.05, 0) is 56.0 Å². The maximum atomic E-state index is 13.0. The first-order chi connectivity index (χ1) is 13.7. The Hall–Kier alpha value is -3.08. The highest BCUT2D eigenvalue weighted by atomic mass is 16.6. The third kappa shape index (κ3) is 4.25. The number of carbonyl (C=O) groups is 1. The average molecular weight is 378 g/mol. The quantitative estimate of drug-likeness (QED) is 0.410. The molecule has 0 N–H and O–H groups in total. The fourth-order valence-electron chi connectivity index (χ4n) is 3.58. The molecule has 0 saturated carbocycles. The van der Waals surface area contributed by atoms with Gasteiger partial charge in [0, 0.05) is 30.2 Å². The zero-order valence-corrected chi connectivity index (χ0v) is 16.4. The van der Waals surface area contributed by atoms with Gasteiger partial charge in [0.1, 0.15) is 6.04 Å². The van der Waals surface area contributed by atoms with E-state index < -0.39 is 0 Å². The van der Waals surface area contributed by atoms with E-state index in [0.717, 1.165) is 42.6 Å². The Balaban J connectivity index is 1.79. The lowest BCUT2D eigenvalue weighted by Gasteiger charge is -2.28. The summed E-state index contributed by atoms with van der Waals surface area (Å²) in [4.78, 5) is 19.3. The number of methoxy groups -OCH3 is 1. The molecule has 0 bridgehead atoms. The molecule has 0 amide bonds. The van der Waals surface area contributed by atoms with Crippen LogP contribution in [0, 0.1) is 0 Å². The van der Waals surface area contributed by atoms with E-state index in [4.69, 9.17) is 9.47 Å². The van der Waals surface area contributed by atoms with Crippen LogP contribution in [0.25, 0.3) is 5.70 Å². The fraction of sp³-hybridized carbons (Fsp3) is 0.304. The van der Waals surface area contributed by atoms with E-state index in [1.54, 1.807) is 19.4 Å². The van der Waals surface area contributed by atoms with Gasteiger partial charge in [-0.3, -0.25) is 4.98 Å². The number of likely N-dealkylation sites (tertiary alicyclic amines) is 1. The van der Waals surface area contributed by atoms with Gasteiger partial charge in [0.15, 0.2) is 11.5 Å². The van der Waals surface area contributed by atoms with Crippen molar-refractivity contribution in [2.75, 3.05) is 13.7 Å². The van der Waals surface area contributed by atoms with Crippen molar-refractivity contribution in [3.63, 3.8) is 0 Å². The van der Waals surface area contributed by atoms with Gasteiger partial charge in [-0.15, -0.1) is 6.58 Å². The highest BCUT2D eigenvalue weighted by Crippen LogP contribution is 2.32. The van der Waals surface area contributed by atoms with E-state index in [1.807, 2.05) is 49.5 Å². The minimum Gasteiger partial charge on any atom is -0.493 e. The lowest BCUT2D eigenvalue weighted by Crippen LogP contribution is -2.37. The van der Waals surface area contributed by atoms with Crippen LogP contribution >= 0.6 is 0 Å². The monoisotopic (exact) mass is 378 g/mol. The Morgan fingerprint density at radius 3 is 2.89 bits per heavy atom. The molecular weight excluding hydrogens is 352 g/mol. The van der Waals surface area contributed by atoms with Crippen LogP contribution in [0.2, 0.25) is 0 Å². The minimum absolute atomic E-state index is 0.268. The van der Waals surface area contributed by atoms with Crippen molar-refractivity contribution in [2.24, 2.45) is 0 Å². The summed E-state index contributed by atoms with van der Waals surface area (Å²) in [6.07, 6.45) is 9.84. The van der Waals surface area contributed by atoms with E-state index in [9.17, 15) is 4.79 Å². The van der Waals surface area contributed by atoms with E-state index >= 15 is 0 Å². The maximum absolute atomic E-state index is 13.0. The largest absolute Gasteiger partial charge is 0.493 e. The zero-order valence-electron chi connectivity index (χ0n) is 16.4. The van der Waals surface area contributed by atoms with Gasteiger partial charge < -0.3 is 14.4 Å². The summed E-state index contributed by atoms with van der Waals surface area (Å²) in [6.45, 7) is 6.54. The summed E-state index contributed by atoms with van der Waals surface area (Å²) < 4.78 is 11.2. The Labute approximate surface area is 166 Å². The molecule has 28 heavy (non-hydrogen) atoms. The van der Waals surface area contributed by atoms with Crippen LogP contribution in [0.5, 0.6) is 11.5 Å². The molecule has 1 aromatic heterocycles. The third-order valence-electron chi connectivity index (χ3n) is 4.88. The van der Waals surface area contributed by atoms with Crippen molar-refractivity contribution in [1.82, 2.24) is 9.88 Å². The topological polar surface area (TPSA) is 51.7 Å². The molecule has 0 radical (unpaired) electrons. The molecule has 1 atom stereocenters. The van der Waals surface area contributed by atoms with Crippen molar-refractivity contribution in [2.45, 2.75) is 32.2 Å². The molecule has 1 unspecified atom stereocenters. The Morgan fingerprint density at radius 1 is 1.36 bits per heavy atom. The predicted octanol–water partition coefficient (Wildman–Crippen LogP) is 4.25. The lowest BCUT2D eigenvalue weighted by atomic mass is 10.1. The number of esters is 1. The molecule has 1 fully saturated rings. The summed E-state index contributed by atoms with van der Waals surface area (Å²) in [5, 5.41) is 0. The first-order valence-corrected chi connectivity index (χ1v) is 9.50. The van der Waals surface area contributed by atoms with Crippen LogP contribution in [-0.4, -0.2) is 35.5 Å². The van der Waals surface area contributed by atoms with Crippen LogP contribution in [0.4, 0.5) is 0 Å². The molecule has 2 aromatic rings. The van der Waals surface area contributed by atoms with Gasteiger partial charge in [0.05, 0.1) is 7.11 Å². The predicted molar refractivity (Wildman–Crippen MR) is 110 cm³/mol. The third-order valence-corrected chi connectivity index (χ3v) is 4.88. The van der Waals surface area contributed by atoms with Crippen LogP contribution < -0.4 is 9.47 Å². The number of hydrogen-bond acceptors (Lipinski definition) is 5. The molecular formula is C23H26N2O3. The number of carbonyl (C=O) groups excluding carboxylic acids is 1. The summed E-state index contributed by atoms with van der Waals surface area (Å²) in [7, 11) is 1.58. The second-order valence-electron chi connectivity index (χ2n) is 6.67. The molecule has 146 valence electrons. The number of aromatic nitrogens is 1. The van der Waals surface area contributed by atoms with Gasteiger partial charge >= 0.3 is 5.97 Å². The first-order valence-electron chi connectivity index (χ1n) is 9.50. The molecule has 0 spiro atoms.